The number of halogens is 1. The van der Waals surface area contributed by atoms with Crippen molar-refractivity contribution in [2.45, 2.75) is 25.0 Å². The number of rotatable bonds is 2. The molecule has 1 N–H and O–H groups in total. The highest BCUT2D eigenvalue weighted by Gasteiger charge is 2.37. The van der Waals surface area contributed by atoms with E-state index in [1.807, 2.05) is 6.07 Å². The number of aromatic hydroxyl groups is 1. The quantitative estimate of drug-likeness (QED) is 0.873. The first-order chi connectivity index (χ1) is 8.79. The van der Waals surface area contributed by atoms with Gasteiger partial charge in [-0.25, -0.2) is 4.39 Å². The van der Waals surface area contributed by atoms with Crippen molar-refractivity contribution in [2.24, 2.45) is 0 Å². The van der Waals surface area contributed by atoms with Gasteiger partial charge in [-0.1, -0.05) is 6.07 Å². The summed E-state index contributed by atoms with van der Waals surface area (Å²) in [5.74, 6) is 0.278. The molecular weight excluding hydrogens is 233 g/mol. The smallest absolute Gasteiger partial charge is 0.115 e. The van der Waals surface area contributed by atoms with Crippen molar-refractivity contribution in [1.82, 2.24) is 4.90 Å². The molecule has 0 amide bonds. The zero-order chi connectivity index (χ0) is 12.5. The number of fused-ring (bicyclic) bond motifs is 3. The number of aryl methyl sites for hydroxylation is 1. The lowest BCUT2D eigenvalue weighted by atomic mass is 9.84. The SMILES string of the molecule is Oc1ccc2c(c1)C1OCCN(CCF)C1CC2. The lowest BCUT2D eigenvalue weighted by Gasteiger charge is -2.44. The van der Waals surface area contributed by atoms with Gasteiger partial charge in [-0.15, -0.1) is 0 Å². The lowest BCUT2D eigenvalue weighted by Crippen LogP contribution is -2.49. The van der Waals surface area contributed by atoms with Gasteiger partial charge < -0.3 is 9.84 Å². The average molecular weight is 251 g/mol. The summed E-state index contributed by atoms with van der Waals surface area (Å²) in [6.45, 7) is 1.62. The molecule has 2 aliphatic rings. The Balaban J connectivity index is 1.91. The molecule has 1 saturated heterocycles. The van der Waals surface area contributed by atoms with Gasteiger partial charge in [0.15, 0.2) is 0 Å². The highest BCUT2D eigenvalue weighted by Crippen LogP contribution is 2.39. The Hall–Kier alpha value is -1.13. The third kappa shape index (κ3) is 1.99. The fraction of sp³-hybridized carbons (Fsp3) is 0.571. The highest BCUT2D eigenvalue weighted by molar-refractivity contribution is 5.39. The molecule has 1 aliphatic carbocycles. The van der Waals surface area contributed by atoms with Crippen LogP contribution in [0.4, 0.5) is 4.39 Å². The van der Waals surface area contributed by atoms with Crippen LogP contribution in [0, 0.1) is 0 Å². The summed E-state index contributed by atoms with van der Waals surface area (Å²) in [4.78, 5) is 2.18. The minimum absolute atomic E-state index is 0.0128. The summed E-state index contributed by atoms with van der Waals surface area (Å²) in [6, 6.07) is 5.74. The van der Waals surface area contributed by atoms with Crippen LogP contribution >= 0.6 is 0 Å². The number of ether oxygens (including phenoxy) is 1. The molecule has 1 heterocycles. The summed E-state index contributed by atoms with van der Waals surface area (Å²) in [5, 5.41) is 9.62. The minimum atomic E-state index is -0.309. The van der Waals surface area contributed by atoms with E-state index in [1.165, 1.54) is 5.56 Å². The van der Waals surface area contributed by atoms with E-state index in [-0.39, 0.29) is 24.6 Å². The van der Waals surface area contributed by atoms with Crippen LogP contribution in [0.5, 0.6) is 5.75 Å². The maximum Gasteiger partial charge on any atom is 0.115 e. The zero-order valence-corrected chi connectivity index (χ0v) is 10.3. The van der Waals surface area contributed by atoms with E-state index >= 15 is 0 Å². The Labute approximate surface area is 106 Å². The molecule has 0 bridgehead atoms. The third-order valence-corrected chi connectivity index (χ3v) is 4.01. The van der Waals surface area contributed by atoms with Crippen LogP contribution in [0.1, 0.15) is 23.7 Å². The van der Waals surface area contributed by atoms with Crippen LogP contribution in [0.3, 0.4) is 0 Å². The summed E-state index contributed by atoms with van der Waals surface area (Å²) < 4.78 is 18.4. The summed E-state index contributed by atoms with van der Waals surface area (Å²) in [6.07, 6.45) is 1.96. The molecule has 1 aromatic rings. The number of morpholine rings is 1. The van der Waals surface area contributed by atoms with E-state index in [9.17, 15) is 9.50 Å². The Morgan fingerprint density at radius 1 is 1.44 bits per heavy atom. The molecule has 3 rings (SSSR count). The van der Waals surface area contributed by atoms with E-state index in [1.54, 1.807) is 12.1 Å². The second-order valence-corrected chi connectivity index (χ2v) is 5.01. The third-order valence-electron chi connectivity index (χ3n) is 4.01. The average Bonchev–Trinajstić information content (AvgIpc) is 2.39. The number of phenols is 1. The molecule has 18 heavy (non-hydrogen) atoms. The molecule has 3 nitrogen and oxygen atoms in total. The van der Waals surface area contributed by atoms with Crippen molar-refractivity contribution >= 4 is 0 Å². The number of hydrogen-bond donors (Lipinski definition) is 1. The fourth-order valence-electron chi connectivity index (χ4n) is 3.16. The van der Waals surface area contributed by atoms with Gasteiger partial charge in [0.05, 0.1) is 12.7 Å². The molecule has 2 atom stereocenters. The number of nitrogens with zero attached hydrogens (tertiary/aromatic N) is 1. The van der Waals surface area contributed by atoms with Gasteiger partial charge in [0.1, 0.15) is 12.4 Å². The van der Waals surface area contributed by atoms with Gasteiger partial charge in [0, 0.05) is 19.1 Å². The van der Waals surface area contributed by atoms with Gasteiger partial charge in [0.2, 0.25) is 0 Å². The zero-order valence-electron chi connectivity index (χ0n) is 10.3. The van der Waals surface area contributed by atoms with E-state index < -0.39 is 0 Å². The predicted molar refractivity (Wildman–Crippen MR) is 66.5 cm³/mol. The maximum atomic E-state index is 12.6. The molecule has 0 aromatic heterocycles. The van der Waals surface area contributed by atoms with Crippen LogP contribution in [0.2, 0.25) is 0 Å². The lowest BCUT2D eigenvalue weighted by molar-refractivity contribution is -0.0814. The molecule has 0 saturated carbocycles. The first kappa shape index (κ1) is 11.9. The first-order valence-electron chi connectivity index (χ1n) is 6.53. The summed E-state index contributed by atoms with van der Waals surface area (Å²) in [7, 11) is 0. The van der Waals surface area contributed by atoms with E-state index in [0.717, 1.165) is 24.9 Å². The summed E-state index contributed by atoms with van der Waals surface area (Å²) in [5.41, 5.74) is 2.32. The topological polar surface area (TPSA) is 32.7 Å². The number of phenolic OH excluding ortho intramolecular Hbond substituents is 1. The van der Waals surface area contributed by atoms with E-state index in [0.29, 0.717) is 13.2 Å². The monoisotopic (exact) mass is 251 g/mol. The van der Waals surface area contributed by atoms with Gasteiger partial charge in [-0.2, -0.15) is 0 Å². The second-order valence-electron chi connectivity index (χ2n) is 5.01. The molecule has 1 aromatic carbocycles. The molecule has 0 radical (unpaired) electrons. The van der Waals surface area contributed by atoms with E-state index in [4.69, 9.17) is 4.74 Å². The molecule has 4 heteroatoms. The second kappa shape index (κ2) is 4.86. The van der Waals surface area contributed by atoms with Crippen LogP contribution in [0.15, 0.2) is 18.2 Å². The normalized spacial score (nSPS) is 27.6. The minimum Gasteiger partial charge on any atom is -0.508 e. The first-order valence-corrected chi connectivity index (χ1v) is 6.53. The Kier molecular flexibility index (Phi) is 3.22. The molecule has 1 aliphatic heterocycles. The standard InChI is InChI=1S/C14H18FNO2/c15-5-6-16-7-8-18-14-12-9-11(17)3-1-10(12)2-4-13(14)16/h1,3,9,13-14,17H,2,4-8H2. The van der Waals surface area contributed by atoms with Crippen molar-refractivity contribution in [3.8, 4) is 5.75 Å². The van der Waals surface area contributed by atoms with E-state index in [2.05, 4.69) is 4.90 Å². The number of hydrogen-bond acceptors (Lipinski definition) is 3. The van der Waals surface area contributed by atoms with Crippen LogP contribution in [-0.4, -0.2) is 42.4 Å². The number of benzene rings is 1. The van der Waals surface area contributed by atoms with Crippen molar-refractivity contribution in [3.63, 3.8) is 0 Å². The molecule has 0 spiro atoms. The van der Waals surface area contributed by atoms with Gasteiger partial charge in [-0.3, -0.25) is 4.90 Å². The van der Waals surface area contributed by atoms with Crippen LogP contribution in [0.25, 0.3) is 0 Å². The molecular formula is C14H18FNO2. The maximum absolute atomic E-state index is 12.6. The van der Waals surface area contributed by atoms with Crippen molar-refractivity contribution < 1.29 is 14.2 Å². The fourth-order valence-corrected chi connectivity index (χ4v) is 3.16. The van der Waals surface area contributed by atoms with Gasteiger partial charge in [0.25, 0.3) is 0 Å². The number of alkyl halides is 1. The van der Waals surface area contributed by atoms with Crippen LogP contribution in [-0.2, 0) is 11.2 Å². The van der Waals surface area contributed by atoms with Crippen molar-refractivity contribution in [2.75, 3.05) is 26.4 Å². The predicted octanol–water partition coefficient (Wildman–Crippen LogP) is 2.05. The van der Waals surface area contributed by atoms with Crippen molar-refractivity contribution in [1.29, 1.82) is 0 Å². The largest absolute Gasteiger partial charge is 0.508 e. The Morgan fingerprint density at radius 3 is 3.17 bits per heavy atom. The van der Waals surface area contributed by atoms with Gasteiger partial charge >= 0.3 is 0 Å². The molecule has 1 fully saturated rings. The Morgan fingerprint density at radius 2 is 2.33 bits per heavy atom. The van der Waals surface area contributed by atoms with Gasteiger partial charge in [-0.05, 0) is 36.1 Å². The molecule has 98 valence electrons. The van der Waals surface area contributed by atoms with Crippen LogP contribution < -0.4 is 0 Å². The highest BCUT2D eigenvalue weighted by atomic mass is 19.1. The molecule has 2 unspecified atom stereocenters. The summed E-state index contributed by atoms with van der Waals surface area (Å²) >= 11 is 0. The Bertz CT molecular complexity index is 436. The van der Waals surface area contributed by atoms with Crippen molar-refractivity contribution in [3.05, 3.63) is 29.3 Å².